The minimum atomic E-state index is -3.24. The number of fused-ring (bicyclic) bond motifs is 1. The zero-order valence-electron chi connectivity index (χ0n) is 15.1. The Hall–Kier alpha value is -2.27. The molecule has 1 heterocycles. The van der Waals surface area contributed by atoms with Crippen LogP contribution in [0.3, 0.4) is 0 Å². The van der Waals surface area contributed by atoms with Gasteiger partial charge in [-0.15, -0.1) is 0 Å². The molecule has 25 heavy (non-hydrogen) atoms. The fraction of sp³-hybridized carbons (Fsp3) is 0.300. The number of H-pyrrole nitrogens is 1. The lowest BCUT2D eigenvalue weighted by molar-refractivity contribution is 0.602. The van der Waals surface area contributed by atoms with Crippen LogP contribution in [0.2, 0.25) is 0 Å². The molecule has 0 amide bonds. The van der Waals surface area contributed by atoms with Crippen LogP contribution in [0.5, 0.6) is 0 Å². The Balaban J connectivity index is 2.27. The molecule has 2 aromatic carbocycles. The first kappa shape index (κ1) is 17.5. The Kier molecular flexibility index (Phi) is 4.60. The van der Waals surface area contributed by atoms with Crippen molar-refractivity contribution in [3.63, 3.8) is 0 Å². The molecule has 2 N–H and O–H groups in total. The van der Waals surface area contributed by atoms with Gasteiger partial charge in [-0.2, -0.15) is 0 Å². The lowest BCUT2D eigenvalue weighted by Crippen LogP contribution is -2.01. The van der Waals surface area contributed by atoms with Crippen molar-refractivity contribution in [1.29, 1.82) is 0 Å². The van der Waals surface area contributed by atoms with Crippen molar-refractivity contribution < 1.29 is 8.42 Å². The van der Waals surface area contributed by atoms with Gasteiger partial charge in [0.05, 0.1) is 16.3 Å². The van der Waals surface area contributed by atoms with E-state index < -0.39 is 9.84 Å². The van der Waals surface area contributed by atoms with Gasteiger partial charge in [-0.05, 0) is 50.6 Å². The van der Waals surface area contributed by atoms with Gasteiger partial charge in [0.15, 0.2) is 9.84 Å². The van der Waals surface area contributed by atoms with Crippen LogP contribution in [-0.2, 0) is 9.84 Å². The van der Waals surface area contributed by atoms with Crippen molar-refractivity contribution in [2.45, 2.75) is 32.1 Å². The molecule has 132 valence electrons. The van der Waals surface area contributed by atoms with Gasteiger partial charge in [0.25, 0.3) is 0 Å². The lowest BCUT2D eigenvalue weighted by Gasteiger charge is -2.09. The second-order valence-electron chi connectivity index (χ2n) is 6.66. The van der Waals surface area contributed by atoms with Crippen molar-refractivity contribution in [1.82, 2.24) is 4.98 Å². The van der Waals surface area contributed by atoms with E-state index in [9.17, 15) is 8.42 Å². The van der Waals surface area contributed by atoms with Crippen LogP contribution in [0.4, 0.5) is 5.69 Å². The topological polar surface area (TPSA) is 62.0 Å². The molecule has 0 unspecified atom stereocenters. The maximum Gasteiger partial charge on any atom is 0.175 e. The second kappa shape index (κ2) is 6.56. The van der Waals surface area contributed by atoms with Gasteiger partial charge >= 0.3 is 0 Å². The number of anilines is 1. The normalized spacial score (nSPS) is 11.8. The predicted molar refractivity (Wildman–Crippen MR) is 105 cm³/mol. The highest BCUT2D eigenvalue weighted by Gasteiger charge is 2.16. The van der Waals surface area contributed by atoms with E-state index >= 15 is 0 Å². The Bertz CT molecular complexity index is 1010. The van der Waals surface area contributed by atoms with Gasteiger partial charge in [0.2, 0.25) is 0 Å². The zero-order valence-corrected chi connectivity index (χ0v) is 15.9. The molecule has 3 rings (SSSR count). The minimum absolute atomic E-state index is 0.338. The van der Waals surface area contributed by atoms with Crippen LogP contribution in [0.1, 0.15) is 24.5 Å². The number of hydrogen-bond donors (Lipinski definition) is 2. The number of aromatic amines is 1. The molecule has 0 spiro atoms. The van der Waals surface area contributed by atoms with E-state index in [4.69, 9.17) is 0 Å². The fourth-order valence-corrected chi connectivity index (χ4v) is 3.82. The summed E-state index contributed by atoms with van der Waals surface area (Å²) in [5.74, 6) is 0. The van der Waals surface area contributed by atoms with Crippen molar-refractivity contribution in [2.75, 3.05) is 18.1 Å². The number of nitrogens with one attached hydrogen (secondary N) is 2. The molecular weight excluding hydrogens is 332 g/mol. The van der Waals surface area contributed by atoms with Crippen molar-refractivity contribution >= 4 is 26.4 Å². The van der Waals surface area contributed by atoms with Gasteiger partial charge < -0.3 is 10.3 Å². The van der Waals surface area contributed by atoms with Crippen molar-refractivity contribution in [3.05, 3.63) is 47.5 Å². The van der Waals surface area contributed by atoms with Crippen LogP contribution in [-0.4, -0.2) is 26.2 Å². The SMILES string of the molecule is CCCNc1c(-c2cc(C)cc(C)c2)[nH]c2ccc(S(C)(=O)=O)cc12. The lowest BCUT2D eigenvalue weighted by atomic mass is 10.0. The summed E-state index contributed by atoms with van der Waals surface area (Å²) in [5, 5.41) is 4.38. The maximum atomic E-state index is 11.9. The first-order valence-electron chi connectivity index (χ1n) is 8.48. The molecule has 4 nitrogen and oxygen atoms in total. The summed E-state index contributed by atoms with van der Waals surface area (Å²) in [6.45, 7) is 7.11. The monoisotopic (exact) mass is 356 g/mol. The smallest absolute Gasteiger partial charge is 0.175 e. The van der Waals surface area contributed by atoms with Crippen molar-refractivity contribution in [2.24, 2.45) is 0 Å². The van der Waals surface area contributed by atoms with E-state index in [0.717, 1.165) is 40.8 Å². The number of rotatable bonds is 5. The van der Waals surface area contributed by atoms with E-state index in [-0.39, 0.29) is 0 Å². The van der Waals surface area contributed by atoms with Gasteiger partial charge in [0, 0.05) is 29.3 Å². The third-order valence-corrected chi connectivity index (χ3v) is 5.37. The third-order valence-electron chi connectivity index (χ3n) is 4.26. The Morgan fingerprint density at radius 2 is 1.72 bits per heavy atom. The third kappa shape index (κ3) is 3.56. The predicted octanol–water partition coefficient (Wildman–Crippen LogP) is 4.68. The van der Waals surface area contributed by atoms with E-state index in [1.165, 1.54) is 17.4 Å². The first-order valence-corrected chi connectivity index (χ1v) is 10.4. The van der Waals surface area contributed by atoms with Gasteiger partial charge in [-0.25, -0.2) is 8.42 Å². The number of aryl methyl sites for hydroxylation is 2. The van der Waals surface area contributed by atoms with Crippen LogP contribution in [0, 0.1) is 13.8 Å². The average Bonchev–Trinajstić information content (AvgIpc) is 2.89. The number of hydrogen-bond acceptors (Lipinski definition) is 3. The molecule has 0 aliphatic rings. The molecule has 0 fully saturated rings. The van der Waals surface area contributed by atoms with Gasteiger partial charge in [-0.1, -0.05) is 24.1 Å². The highest BCUT2D eigenvalue weighted by molar-refractivity contribution is 7.90. The molecule has 0 atom stereocenters. The number of sulfone groups is 1. The molecule has 3 aromatic rings. The summed E-state index contributed by atoms with van der Waals surface area (Å²) >= 11 is 0. The van der Waals surface area contributed by atoms with Crippen LogP contribution >= 0.6 is 0 Å². The fourth-order valence-electron chi connectivity index (χ4n) is 3.17. The first-order chi connectivity index (χ1) is 11.8. The quantitative estimate of drug-likeness (QED) is 0.698. The minimum Gasteiger partial charge on any atom is -0.383 e. The van der Waals surface area contributed by atoms with Crippen LogP contribution in [0.15, 0.2) is 41.3 Å². The molecule has 0 aliphatic heterocycles. The number of aromatic nitrogens is 1. The summed E-state index contributed by atoms with van der Waals surface area (Å²) in [5.41, 5.74) is 6.40. The summed E-state index contributed by atoms with van der Waals surface area (Å²) < 4.78 is 23.9. The average molecular weight is 356 g/mol. The largest absolute Gasteiger partial charge is 0.383 e. The highest BCUT2D eigenvalue weighted by atomic mass is 32.2. The summed E-state index contributed by atoms with van der Waals surface area (Å²) in [6.07, 6.45) is 2.23. The molecule has 0 aliphatic carbocycles. The molecule has 0 saturated carbocycles. The second-order valence-corrected chi connectivity index (χ2v) is 8.67. The molecule has 0 bridgehead atoms. The molecule has 1 aromatic heterocycles. The summed E-state index contributed by atoms with van der Waals surface area (Å²) in [4.78, 5) is 3.80. The standard InChI is InChI=1S/C20H24N2O2S/c1-5-8-21-20-17-12-16(25(4,23)24)6-7-18(17)22-19(20)15-10-13(2)9-14(3)11-15/h6-7,9-12,21-22H,5,8H2,1-4H3. The van der Waals surface area contributed by atoms with Gasteiger partial charge in [-0.3, -0.25) is 0 Å². The Morgan fingerprint density at radius 3 is 2.32 bits per heavy atom. The van der Waals surface area contributed by atoms with Crippen molar-refractivity contribution in [3.8, 4) is 11.3 Å². The molecule has 5 heteroatoms. The molecule has 0 saturated heterocycles. The highest BCUT2D eigenvalue weighted by Crippen LogP contribution is 2.36. The maximum absolute atomic E-state index is 11.9. The zero-order chi connectivity index (χ0) is 18.2. The Labute approximate surface area is 149 Å². The molecular formula is C20H24N2O2S. The van der Waals surface area contributed by atoms with Gasteiger partial charge in [0.1, 0.15) is 0 Å². The van der Waals surface area contributed by atoms with E-state index in [0.29, 0.717) is 4.90 Å². The van der Waals surface area contributed by atoms with Crippen LogP contribution < -0.4 is 5.32 Å². The van der Waals surface area contributed by atoms with E-state index in [2.05, 4.69) is 49.3 Å². The summed E-state index contributed by atoms with van der Waals surface area (Å²) in [7, 11) is -3.24. The number of benzene rings is 2. The van der Waals surface area contributed by atoms with E-state index in [1.54, 1.807) is 12.1 Å². The molecule has 0 radical (unpaired) electrons. The Morgan fingerprint density at radius 1 is 1.04 bits per heavy atom. The summed E-state index contributed by atoms with van der Waals surface area (Å²) in [6, 6.07) is 11.7. The van der Waals surface area contributed by atoms with Crippen LogP contribution in [0.25, 0.3) is 22.2 Å². The van der Waals surface area contributed by atoms with E-state index in [1.807, 2.05) is 6.07 Å².